The standard InChI is InChI=1S/C22H21N3O3S2/c1-15-21(30(26,27)24-17-10-7-11-18(12-17)28-3)13-20(25(15)2)22-23-19(14-29-22)16-8-5-4-6-9-16/h4-14,24H,1-3H3. The fraction of sp³-hybridized carbons (Fsp3) is 0.136. The molecule has 2 aromatic heterocycles. The summed E-state index contributed by atoms with van der Waals surface area (Å²) in [6.07, 6.45) is 0. The molecule has 1 N–H and O–H groups in total. The zero-order valence-electron chi connectivity index (χ0n) is 16.8. The van der Waals surface area contributed by atoms with Gasteiger partial charge in [-0.05, 0) is 25.1 Å². The largest absolute Gasteiger partial charge is 0.497 e. The quantitative estimate of drug-likeness (QED) is 0.462. The molecule has 30 heavy (non-hydrogen) atoms. The molecule has 0 saturated carbocycles. The number of thiazole rings is 1. The minimum atomic E-state index is -3.77. The Bertz CT molecular complexity index is 1290. The van der Waals surface area contributed by atoms with Gasteiger partial charge in [0.15, 0.2) is 0 Å². The summed E-state index contributed by atoms with van der Waals surface area (Å²) in [5, 5.41) is 2.75. The molecule has 0 saturated heterocycles. The number of sulfonamides is 1. The smallest absolute Gasteiger partial charge is 0.263 e. The maximum Gasteiger partial charge on any atom is 0.263 e. The van der Waals surface area contributed by atoms with Crippen LogP contribution in [0.3, 0.4) is 0 Å². The molecule has 4 rings (SSSR count). The molecular formula is C22H21N3O3S2. The van der Waals surface area contributed by atoms with Crippen molar-refractivity contribution in [1.29, 1.82) is 0 Å². The average molecular weight is 440 g/mol. The first-order valence-corrected chi connectivity index (χ1v) is 11.6. The molecule has 0 radical (unpaired) electrons. The van der Waals surface area contributed by atoms with Gasteiger partial charge in [0.05, 0.1) is 24.2 Å². The molecule has 2 aromatic carbocycles. The summed E-state index contributed by atoms with van der Waals surface area (Å²) in [6, 6.07) is 18.4. The molecular weight excluding hydrogens is 418 g/mol. The van der Waals surface area contributed by atoms with Gasteiger partial charge < -0.3 is 9.30 Å². The number of aromatic nitrogens is 2. The lowest BCUT2D eigenvalue weighted by Gasteiger charge is -2.09. The van der Waals surface area contributed by atoms with Gasteiger partial charge >= 0.3 is 0 Å². The summed E-state index contributed by atoms with van der Waals surface area (Å²) in [6.45, 7) is 1.79. The monoisotopic (exact) mass is 439 g/mol. The van der Waals surface area contributed by atoms with E-state index in [2.05, 4.69) is 4.72 Å². The zero-order chi connectivity index (χ0) is 21.3. The van der Waals surface area contributed by atoms with Crippen LogP contribution in [-0.2, 0) is 17.1 Å². The number of nitrogens with one attached hydrogen (secondary N) is 1. The first-order valence-electron chi connectivity index (χ1n) is 9.23. The van der Waals surface area contributed by atoms with Gasteiger partial charge in [0.2, 0.25) is 0 Å². The van der Waals surface area contributed by atoms with Crippen molar-refractivity contribution >= 4 is 27.0 Å². The topological polar surface area (TPSA) is 73.2 Å². The lowest BCUT2D eigenvalue weighted by molar-refractivity contribution is 0.415. The zero-order valence-corrected chi connectivity index (χ0v) is 18.4. The number of benzene rings is 2. The average Bonchev–Trinajstić information content (AvgIpc) is 3.34. The van der Waals surface area contributed by atoms with Crippen LogP contribution in [0.25, 0.3) is 22.0 Å². The summed E-state index contributed by atoms with van der Waals surface area (Å²) in [5.41, 5.74) is 3.73. The molecule has 154 valence electrons. The van der Waals surface area contributed by atoms with Gasteiger partial charge in [0.25, 0.3) is 10.0 Å². The highest BCUT2D eigenvalue weighted by molar-refractivity contribution is 7.92. The van der Waals surface area contributed by atoms with E-state index < -0.39 is 10.0 Å². The van der Waals surface area contributed by atoms with Crippen molar-refractivity contribution < 1.29 is 13.2 Å². The third kappa shape index (κ3) is 3.83. The van der Waals surface area contributed by atoms with Crippen LogP contribution in [0.5, 0.6) is 5.75 Å². The van der Waals surface area contributed by atoms with Crippen LogP contribution >= 0.6 is 11.3 Å². The van der Waals surface area contributed by atoms with E-state index in [1.807, 2.05) is 47.3 Å². The number of hydrogen-bond donors (Lipinski definition) is 1. The molecule has 0 atom stereocenters. The van der Waals surface area contributed by atoms with Crippen LogP contribution in [0.15, 0.2) is 70.9 Å². The number of ether oxygens (including phenoxy) is 1. The van der Waals surface area contributed by atoms with Crippen molar-refractivity contribution in [1.82, 2.24) is 9.55 Å². The molecule has 0 aliphatic rings. The van der Waals surface area contributed by atoms with E-state index in [9.17, 15) is 8.42 Å². The molecule has 0 amide bonds. The first kappa shape index (κ1) is 20.2. The Labute approximate surface area is 179 Å². The fourth-order valence-corrected chi connectivity index (χ4v) is 5.40. The third-order valence-electron chi connectivity index (χ3n) is 4.89. The van der Waals surface area contributed by atoms with Crippen LogP contribution < -0.4 is 9.46 Å². The van der Waals surface area contributed by atoms with Crippen molar-refractivity contribution in [2.75, 3.05) is 11.8 Å². The molecule has 4 aromatic rings. The number of rotatable bonds is 6. The molecule has 0 bridgehead atoms. The Hall–Kier alpha value is -3.10. The van der Waals surface area contributed by atoms with Gasteiger partial charge in [0, 0.05) is 29.8 Å². The summed E-state index contributed by atoms with van der Waals surface area (Å²) in [4.78, 5) is 4.94. The SMILES string of the molecule is COc1cccc(NS(=O)(=O)c2cc(-c3nc(-c4ccccc4)cs3)n(C)c2C)c1. The van der Waals surface area contributed by atoms with Crippen LogP contribution in [0, 0.1) is 6.92 Å². The van der Waals surface area contributed by atoms with Crippen LogP contribution in [0.4, 0.5) is 5.69 Å². The van der Waals surface area contributed by atoms with E-state index in [1.54, 1.807) is 44.4 Å². The van der Waals surface area contributed by atoms with Crippen molar-refractivity contribution in [2.45, 2.75) is 11.8 Å². The van der Waals surface area contributed by atoms with E-state index in [0.29, 0.717) is 17.1 Å². The lowest BCUT2D eigenvalue weighted by Crippen LogP contribution is -2.13. The minimum Gasteiger partial charge on any atom is -0.497 e. The maximum atomic E-state index is 13.1. The minimum absolute atomic E-state index is 0.222. The molecule has 0 spiro atoms. The van der Waals surface area contributed by atoms with Gasteiger partial charge in [-0.25, -0.2) is 13.4 Å². The maximum absolute atomic E-state index is 13.1. The predicted molar refractivity (Wildman–Crippen MR) is 120 cm³/mol. The highest BCUT2D eigenvalue weighted by Crippen LogP contribution is 2.33. The van der Waals surface area contributed by atoms with E-state index in [0.717, 1.165) is 22.0 Å². The van der Waals surface area contributed by atoms with E-state index in [4.69, 9.17) is 9.72 Å². The second-order valence-electron chi connectivity index (χ2n) is 6.78. The number of nitrogens with zero attached hydrogens (tertiary/aromatic N) is 2. The predicted octanol–water partition coefficient (Wildman–Crippen LogP) is 4.93. The molecule has 8 heteroatoms. The van der Waals surface area contributed by atoms with Gasteiger partial charge in [-0.15, -0.1) is 11.3 Å². The van der Waals surface area contributed by atoms with E-state index in [1.165, 1.54) is 11.3 Å². The summed E-state index contributed by atoms with van der Waals surface area (Å²) >= 11 is 1.49. The van der Waals surface area contributed by atoms with Gasteiger partial charge in [-0.2, -0.15) is 0 Å². The Balaban J connectivity index is 1.68. The molecule has 0 aliphatic heterocycles. The fourth-order valence-electron chi connectivity index (χ4n) is 3.18. The highest BCUT2D eigenvalue weighted by Gasteiger charge is 2.24. The summed E-state index contributed by atoms with van der Waals surface area (Å²) in [7, 11) is -0.387. The molecule has 0 fully saturated rings. The van der Waals surface area contributed by atoms with Gasteiger partial charge in [0.1, 0.15) is 15.7 Å². The van der Waals surface area contributed by atoms with Crippen LogP contribution in [0.1, 0.15) is 5.69 Å². The normalized spacial score (nSPS) is 11.4. The van der Waals surface area contributed by atoms with Crippen LogP contribution in [0.2, 0.25) is 0 Å². The Kier molecular flexibility index (Phi) is 5.36. The number of anilines is 1. The van der Waals surface area contributed by atoms with Gasteiger partial charge in [-0.1, -0.05) is 36.4 Å². The number of hydrogen-bond acceptors (Lipinski definition) is 5. The van der Waals surface area contributed by atoms with Crippen molar-refractivity contribution in [2.24, 2.45) is 7.05 Å². The number of methoxy groups -OCH3 is 1. The Morgan fingerprint density at radius 1 is 1.07 bits per heavy atom. The summed E-state index contributed by atoms with van der Waals surface area (Å²) < 4.78 is 35.8. The third-order valence-corrected chi connectivity index (χ3v) is 7.25. The van der Waals surface area contributed by atoms with Gasteiger partial charge in [-0.3, -0.25) is 4.72 Å². The van der Waals surface area contributed by atoms with Crippen molar-refractivity contribution in [3.8, 4) is 27.7 Å². The van der Waals surface area contributed by atoms with Crippen molar-refractivity contribution in [3.63, 3.8) is 0 Å². The lowest BCUT2D eigenvalue weighted by atomic mass is 10.2. The second kappa shape index (κ2) is 7.97. The molecule has 0 aliphatic carbocycles. The molecule has 2 heterocycles. The summed E-state index contributed by atoms with van der Waals surface area (Å²) in [5.74, 6) is 0.580. The highest BCUT2D eigenvalue weighted by atomic mass is 32.2. The van der Waals surface area contributed by atoms with E-state index >= 15 is 0 Å². The molecule has 6 nitrogen and oxygen atoms in total. The Morgan fingerprint density at radius 3 is 2.57 bits per heavy atom. The Morgan fingerprint density at radius 2 is 1.83 bits per heavy atom. The van der Waals surface area contributed by atoms with Crippen LogP contribution in [-0.4, -0.2) is 25.1 Å². The molecule has 0 unspecified atom stereocenters. The van der Waals surface area contributed by atoms with E-state index in [-0.39, 0.29) is 4.90 Å². The first-order chi connectivity index (χ1) is 14.4. The second-order valence-corrected chi connectivity index (χ2v) is 9.29. The van der Waals surface area contributed by atoms with Crippen molar-refractivity contribution in [3.05, 3.63) is 71.7 Å².